The number of hydrogen-bond acceptors (Lipinski definition) is 6. The summed E-state index contributed by atoms with van der Waals surface area (Å²) >= 11 is 5.72. The molecule has 1 atom stereocenters. The van der Waals surface area contributed by atoms with Gasteiger partial charge in [0.25, 0.3) is 11.8 Å². The lowest BCUT2D eigenvalue weighted by molar-refractivity contribution is -0.155. The Hall–Kier alpha value is -2.68. The van der Waals surface area contributed by atoms with Gasteiger partial charge in [-0.3, -0.25) is 19.3 Å². The normalized spacial score (nSPS) is 16.7. The molecule has 1 aliphatic rings. The van der Waals surface area contributed by atoms with Crippen LogP contribution >= 0.6 is 11.6 Å². The summed E-state index contributed by atoms with van der Waals surface area (Å²) in [5, 5.41) is 5.50. The Bertz CT molecular complexity index is 748. The zero-order chi connectivity index (χ0) is 20.2. The second-order valence-corrected chi connectivity index (χ2v) is 6.53. The number of urea groups is 1. The highest BCUT2D eigenvalue weighted by atomic mass is 35.5. The van der Waals surface area contributed by atoms with E-state index in [2.05, 4.69) is 15.6 Å². The van der Waals surface area contributed by atoms with Gasteiger partial charge in [0.05, 0.1) is 5.02 Å². The topological polar surface area (TPSA) is 118 Å². The van der Waals surface area contributed by atoms with E-state index in [0.29, 0.717) is 17.9 Å². The summed E-state index contributed by atoms with van der Waals surface area (Å²) in [7, 11) is 0. The van der Waals surface area contributed by atoms with Crippen molar-refractivity contribution in [3.63, 3.8) is 0 Å². The number of halogens is 1. The summed E-state index contributed by atoms with van der Waals surface area (Å²) in [5.41, 5.74) is -0.999. The number of carbonyl (C=O) groups is 4. The average Bonchev–Trinajstić information content (AvgIpc) is 2.88. The van der Waals surface area contributed by atoms with E-state index in [-0.39, 0.29) is 5.82 Å². The second-order valence-electron chi connectivity index (χ2n) is 6.09. The molecule has 0 saturated carbocycles. The largest absolute Gasteiger partial charge is 0.451 e. The van der Waals surface area contributed by atoms with E-state index in [4.69, 9.17) is 16.3 Å². The number of aromatic nitrogens is 1. The molecule has 1 aliphatic heterocycles. The highest BCUT2D eigenvalue weighted by Crippen LogP contribution is 2.24. The molecule has 0 aliphatic carbocycles. The lowest BCUT2D eigenvalue weighted by Crippen LogP contribution is -2.46. The quantitative estimate of drug-likeness (QED) is 0.535. The van der Waals surface area contributed by atoms with Crippen molar-refractivity contribution < 1.29 is 23.9 Å². The number of rotatable bonds is 7. The van der Waals surface area contributed by atoms with Gasteiger partial charge in [-0.15, -0.1) is 0 Å². The number of carbonyl (C=O) groups excluding carboxylic acids is 4. The molecule has 0 bridgehead atoms. The lowest BCUT2D eigenvalue weighted by Gasteiger charge is -2.23. The van der Waals surface area contributed by atoms with Crippen LogP contribution in [0.4, 0.5) is 10.6 Å². The van der Waals surface area contributed by atoms with Crippen LogP contribution in [0.15, 0.2) is 18.3 Å². The molecule has 1 saturated heterocycles. The van der Waals surface area contributed by atoms with Gasteiger partial charge in [-0.05, 0) is 31.9 Å². The van der Waals surface area contributed by atoms with Gasteiger partial charge in [0, 0.05) is 6.20 Å². The van der Waals surface area contributed by atoms with Gasteiger partial charge in [0.1, 0.15) is 17.9 Å². The number of pyridine rings is 1. The minimum absolute atomic E-state index is 0.247. The van der Waals surface area contributed by atoms with Crippen LogP contribution in [0.2, 0.25) is 5.02 Å². The van der Waals surface area contributed by atoms with Gasteiger partial charge in [-0.25, -0.2) is 9.78 Å². The van der Waals surface area contributed by atoms with Crippen LogP contribution in [0.25, 0.3) is 0 Å². The van der Waals surface area contributed by atoms with E-state index < -0.39 is 42.0 Å². The molecule has 10 heteroatoms. The maximum absolute atomic E-state index is 12.5. The number of anilines is 1. The van der Waals surface area contributed by atoms with Crippen molar-refractivity contribution in [1.29, 1.82) is 0 Å². The highest BCUT2D eigenvalue weighted by molar-refractivity contribution is 6.30. The van der Waals surface area contributed by atoms with E-state index in [9.17, 15) is 19.2 Å². The Kier molecular flexibility index (Phi) is 6.37. The summed E-state index contributed by atoms with van der Waals surface area (Å²) in [6.45, 7) is 4.36. The summed E-state index contributed by atoms with van der Waals surface area (Å²) in [6.07, 6.45) is 1.04. The number of ether oxygens (including phenoxy) is 1. The van der Waals surface area contributed by atoms with Gasteiger partial charge in [-0.1, -0.05) is 25.4 Å². The van der Waals surface area contributed by atoms with Crippen molar-refractivity contribution in [3.8, 4) is 0 Å². The van der Waals surface area contributed by atoms with E-state index >= 15 is 0 Å². The number of esters is 1. The first kappa shape index (κ1) is 20.6. The molecule has 2 N–H and O–H groups in total. The third-order valence-corrected chi connectivity index (χ3v) is 4.62. The number of hydrogen-bond donors (Lipinski definition) is 2. The van der Waals surface area contributed by atoms with Gasteiger partial charge in [0.2, 0.25) is 0 Å². The number of amides is 4. The first-order chi connectivity index (χ1) is 12.7. The summed E-state index contributed by atoms with van der Waals surface area (Å²) in [4.78, 5) is 53.4. The summed E-state index contributed by atoms with van der Waals surface area (Å²) in [5.74, 6) is -1.70. The Balaban J connectivity index is 1.92. The molecule has 1 aromatic rings. The molecule has 2 heterocycles. The second kappa shape index (κ2) is 8.34. The summed E-state index contributed by atoms with van der Waals surface area (Å²) in [6, 6.07) is 2.39. The van der Waals surface area contributed by atoms with Crippen LogP contribution < -0.4 is 10.6 Å². The van der Waals surface area contributed by atoms with Gasteiger partial charge in [-0.2, -0.15) is 0 Å². The van der Waals surface area contributed by atoms with Crippen molar-refractivity contribution in [2.75, 3.05) is 11.9 Å². The molecule has 9 nitrogen and oxygen atoms in total. The smallest absolute Gasteiger partial charge is 0.327 e. The monoisotopic (exact) mass is 396 g/mol. The van der Waals surface area contributed by atoms with Crippen LogP contribution in [0.3, 0.4) is 0 Å². The fourth-order valence-corrected chi connectivity index (χ4v) is 2.76. The van der Waals surface area contributed by atoms with E-state index in [1.165, 1.54) is 19.2 Å². The molecule has 4 amide bonds. The van der Waals surface area contributed by atoms with E-state index in [0.717, 1.165) is 4.90 Å². The van der Waals surface area contributed by atoms with Gasteiger partial charge in [0.15, 0.2) is 6.10 Å². The van der Waals surface area contributed by atoms with E-state index in [1.54, 1.807) is 19.9 Å². The van der Waals surface area contributed by atoms with E-state index in [1.807, 2.05) is 0 Å². The zero-order valence-corrected chi connectivity index (χ0v) is 16.0. The van der Waals surface area contributed by atoms with Crippen molar-refractivity contribution in [3.05, 3.63) is 23.4 Å². The molecule has 1 aromatic heterocycles. The molecule has 27 heavy (non-hydrogen) atoms. The fraction of sp³-hybridized carbons (Fsp3) is 0.471. The summed E-state index contributed by atoms with van der Waals surface area (Å²) < 4.78 is 5.02. The molecule has 0 unspecified atom stereocenters. The predicted octanol–water partition coefficient (Wildman–Crippen LogP) is 1.72. The maximum Gasteiger partial charge on any atom is 0.327 e. The maximum atomic E-state index is 12.5. The Morgan fingerprint density at radius 3 is 2.52 bits per heavy atom. The molecular weight excluding hydrogens is 376 g/mol. The van der Waals surface area contributed by atoms with Crippen molar-refractivity contribution in [1.82, 2.24) is 15.2 Å². The predicted molar refractivity (Wildman–Crippen MR) is 97.0 cm³/mol. The average molecular weight is 397 g/mol. The highest BCUT2D eigenvalue weighted by Gasteiger charge is 2.49. The van der Waals surface area contributed by atoms with Crippen molar-refractivity contribution in [2.24, 2.45) is 0 Å². The Labute approximate surface area is 161 Å². The number of nitrogens with zero attached hydrogens (tertiary/aromatic N) is 2. The van der Waals surface area contributed by atoms with Crippen LogP contribution in [0.1, 0.15) is 33.6 Å². The third kappa shape index (κ3) is 4.54. The molecule has 146 valence electrons. The van der Waals surface area contributed by atoms with Crippen molar-refractivity contribution >= 4 is 41.2 Å². The van der Waals surface area contributed by atoms with Crippen molar-refractivity contribution in [2.45, 2.75) is 45.3 Å². The van der Waals surface area contributed by atoms with Crippen LogP contribution in [0.5, 0.6) is 0 Å². The molecule has 0 aromatic carbocycles. The molecule has 2 rings (SSSR count). The number of imide groups is 1. The minimum atomic E-state index is -1.14. The Morgan fingerprint density at radius 1 is 1.33 bits per heavy atom. The third-order valence-electron chi connectivity index (χ3n) is 4.40. The molecule has 0 radical (unpaired) electrons. The molecule has 1 fully saturated rings. The van der Waals surface area contributed by atoms with Crippen LogP contribution in [0, 0.1) is 0 Å². The first-order valence-corrected chi connectivity index (χ1v) is 8.86. The lowest BCUT2D eigenvalue weighted by atomic mass is 9.93. The minimum Gasteiger partial charge on any atom is -0.451 e. The SMILES string of the molecule is CCC1(CC)NC(=O)N(CC(=O)O[C@@H](C)C(=O)Nc2ccc(Cl)cn2)C1=O. The van der Waals surface area contributed by atoms with Gasteiger partial charge >= 0.3 is 12.0 Å². The zero-order valence-electron chi connectivity index (χ0n) is 15.2. The molecular formula is C17H21ClN4O5. The van der Waals surface area contributed by atoms with Crippen LogP contribution in [-0.2, 0) is 19.1 Å². The standard InChI is InChI=1S/C17H21ClN4O5/c1-4-17(5-2)15(25)22(16(26)21-17)9-13(23)27-10(3)14(24)20-12-7-6-11(18)8-19-12/h6-8,10H,4-5,9H2,1-3H3,(H,21,26)(H,19,20,24)/t10-/m0/s1. The van der Waals surface area contributed by atoms with Gasteiger partial charge < -0.3 is 15.4 Å². The van der Waals surface area contributed by atoms with Crippen LogP contribution in [-0.4, -0.2) is 51.9 Å². The first-order valence-electron chi connectivity index (χ1n) is 8.48. The fourth-order valence-electron chi connectivity index (χ4n) is 2.64. The molecule has 0 spiro atoms. The Morgan fingerprint density at radius 2 is 2.00 bits per heavy atom. The number of nitrogens with one attached hydrogen (secondary N) is 2.